The topological polar surface area (TPSA) is 20.3 Å². The van der Waals surface area contributed by atoms with Crippen molar-refractivity contribution in [3.8, 4) is 0 Å². The van der Waals surface area contributed by atoms with Gasteiger partial charge in [0.2, 0.25) is 5.91 Å². The van der Waals surface area contributed by atoms with Gasteiger partial charge in [-0.15, -0.1) is 0 Å². The largest absolute Gasteiger partial charge is 0.311 e. The van der Waals surface area contributed by atoms with Crippen LogP contribution in [-0.4, -0.2) is 12.5 Å². The maximum atomic E-state index is 12.4. The fourth-order valence-corrected chi connectivity index (χ4v) is 3.49. The van der Waals surface area contributed by atoms with Crippen LogP contribution in [0, 0.1) is 19.8 Å². The van der Waals surface area contributed by atoms with Gasteiger partial charge in [0.15, 0.2) is 0 Å². The highest BCUT2D eigenvalue weighted by molar-refractivity contribution is 5.95. The molecule has 1 heterocycles. The van der Waals surface area contributed by atoms with Crippen molar-refractivity contribution < 1.29 is 4.79 Å². The Kier molecular flexibility index (Phi) is 5.14. The van der Waals surface area contributed by atoms with Crippen molar-refractivity contribution in [1.82, 2.24) is 0 Å². The summed E-state index contributed by atoms with van der Waals surface area (Å²) in [5, 5.41) is 0. The van der Waals surface area contributed by atoms with Crippen molar-refractivity contribution in [3.63, 3.8) is 0 Å². The minimum atomic E-state index is 0.250. The fourth-order valence-electron chi connectivity index (χ4n) is 3.49. The molecular formula is C22H25NO. The first-order valence-electron chi connectivity index (χ1n) is 8.72. The van der Waals surface area contributed by atoms with Crippen LogP contribution in [0.4, 0.5) is 5.69 Å². The molecule has 1 unspecified atom stereocenters. The van der Waals surface area contributed by atoms with E-state index in [-0.39, 0.29) is 5.91 Å². The van der Waals surface area contributed by atoms with Gasteiger partial charge in [-0.1, -0.05) is 60.7 Å². The van der Waals surface area contributed by atoms with Crippen LogP contribution in [0.25, 0.3) is 0 Å². The lowest BCUT2D eigenvalue weighted by molar-refractivity contribution is -0.119. The van der Waals surface area contributed by atoms with Crippen LogP contribution in [0.1, 0.15) is 29.5 Å². The molecular weight excluding hydrogens is 294 g/mol. The number of carbonyl (C=O) groups is 1. The number of allylic oxidation sites excluding steroid dienone is 1. The molecule has 1 aliphatic heterocycles. The zero-order valence-electron chi connectivity index (χ0n) is 14.5. The minimum absolute atomic E-state index is 0.250. The monoisotopic (exact) mass is 319 g/mol. The van der Waals surface area contributed by atoms with Crippen LogP contribution in [0.5, 0.6) is 0 Å². The summed E-state index contributed by atoms with van der Waals surface area (Å²) in [6.07, 6.45) is 7.08. The maximum absolute atomic E-state index is 12.4. The molecule has 0 spiro atoms. The average molecular weight is 319 g/mol. The molecule has 0 aliphatic carbocycles. The Morgan fingerprint density at radius 3 is 2.46 bits per heavy atom. The van der Waals surface area contributed by atoms with Gasteiger partial charge in [-0.3, -0.25) is 4.79 Å². The van der Waals surface area contributed by atoms with E-state index in [1.807, 2.05) is 11.0 Å². The summed E-state index contributed by atoms with van der Waals surface area (Å²) in [7, 11) is 0. The molecule has 124 valence electrons. The lowest BCUT2D eigenvalue weighted by Gasteiger charge is -2.33. The lowest BCUT2D eigenvalue weighted by Crippen LogP contribution is -2.40. The van der Waals surface area contributed by atoms with Crippen LogP contribution in [-0.2, 0) is 11.2 Å². The Morgan fingerprint density at radius 2 is 1.75 bits per heavy atom. The van der Waals surface area contributed by atoms with Gasteiger partial charge in [0.25, 0.3) is 0 Å². The quantitative estimate of drug-likeness (QED) is 0.738. The molecule has 0 bridgehead atoms. The third kappa shape index (κ3) is 3.76. The number of amides is 1. The second-order valence-corrected chi connectivity index (χ2v) is 6.66. The van der Waals surface area contributed by atoms with Gasteiger partial charge in [0, 0.05) is 18.7 Å². The molecule has 24 heavy (non-hydrogen) atoms. The normalized spacial score (nSPS) is 18.3. The van der Waals surface area contributed by atoms with E-state index in [1.54, 1.807) is 0 Å². The van der Waals surface area contributed by atoms with Gasteiger partial charge >= 0.3 is 0 Å². The van der Waals surface area contributed by atoms with E-state index in [2.05, 4.69) is 68.5 Å². The molecule has 0 radical (unpaired) electrons. The van der Waals surface area contributed by atoms with E-state index in [0.717, 1.165) is 25.1 Å². The van der Waals surface area contributed by atoms with Gasteiger partial charge in [0.05, 0.1) is 0 Å². The summed E-state index contributed by atoms with van der Waals surface area (Å²) < 4.78 is 0. The van der Waals surface area contributed by atoms with E-state index in [0.29, 0.717) is 12.3 Å². The first-order chi connectivity index (χ1) is 11.6. The van der Waals surface area contributed by atoms with Crippen LogP contribution in [0.3, 0.4) is 0 Å². The molecule has 0 aromatic heterocycles. The maximum Gasteiger partial charge on any atom is 0.227 e. The summed E-state index contributed by atoms with van der Waals surface area (Å²) in [5.74, 6) is 0.686. The molecule has 1 fully saturated rings. The molecule has 0 saturated carbocycles. The van der Waals surface area contributed by atoms with Gasteiger partial charge in [0.1, 0.15) is 0 Å². The molecule has 2 nitrogen and oxygen atoms in total. The van der Waals surface area contributed by atoms with Crippen LogP contribution in [0.15, 0.2) is 60.7 Å². The van der Waals surface area contributed by atoms with Crippen LogP contribution >= 0.6 is 0 Å². The Morgan fingerprint density at radius 1 is 1.04 bits per heavy atom. The fraction of sp³-hybridized carbons (Fsp3) is 0.318. The summed E-state index contributed by atoms with van der Waals surface area (Å²) in [5.41, 5.74) is 4.78. The second kappa shape index (κ2) is 7.48. The summed E-state index contributed by atoms with van der Waals surface area (Å²) >= 11 is 0. The van der Waals surface area contributed by atoms with Crippen molar-refractivity contribution in [1.29, 1.82) is 0 Å². The highest BCUT2D eigenvalue weighted by atomic mass is 16.2. The number of piperidine rings is 1. The first kappa shape index (κ1) is 16.5. The average Bonchev–Trinajstić information content (AvgIpc) is 2.58. The van der Waals surface area contributed by atoms with Crippen LogP contribution < -0.4 is 4.90 Å². The van der Waals surface area contributed by atoms with E-state index < -0.39 is 0 Å². The molecule has 0 N–H and O–H groups in total. The minimum Gasteiger partial charge on any atom is -0.311 e. The lowest BCUT2D eigenvalue weighted by atomic mass is 9.94. The number of hydrogen-bond acceptors (Lipinski definition) is 1. The van der Waals surface area contributed by atoms with Gasteiger partial charge in [-0.2, -0.15) is 0 Å². The molecule has 1 saturated heterocycles. The highest BCUT2D eigenvalue weighted by Gasteiger charge is 2.27. The molecule has 1 amide bonds. The highest BCUT2D eigenvalue weighted by Crippen LogP contribution is 2.30. The first-order valence-corrected chi connectivity index (χ1v) is 8.72. The second-order valence-electron chi connectivity index (χ2n) is 6.66. The number of hydrogen-bond donors (Lipinski definition) is 0. The zero-order chi connectivity index (χ0) is 16.9. The number of carbonyl (C=O) groups excluding carboxylic acids is 1. The third-order valence-corrected chi connectivity index (χ3v) is 4.76. The van der Waals surface area contributed by atoms with E-state index >= 15 is 0 Å². The van der Waals surface area contributed by atoms with Gasteiger partial charge < -0.3 is 4.90 Å². The van der Waals surface area contributed by atoms with E-state index in [4.69, 9.17) is 0 Å². The Labute approximate surface area is 144 Å². The molecule has 3 rings (SSSR count). The predicted octanol–water partition coefficient (Wildman–Crippen LogP) is 4.85. The van der Waals surface area contributed by atoms with Crippen molar-refractivity contribution in [2.24, 2.45) is 5.92 Å². The van der Waals surface area contributed by atoms with E-state index in [9.17, 15) is 4.79 Å². The standard InChI is InChI=1S/C22H25NO/c1-17-8-6-9-18(2)22(17)23-16-20(14-15-21(23)24)13-7-12-19-10-4-3-5-11-19/h3-11,13,20H,12,14-16H2,1-2H3. The van der Waals surface area contributed by atoms with Crippen molar-refractivity contribution in [3.05, 3.63) is 77.4 Å². The predicted molar refractivity (Wildman–Crippen MR) is 100 cm³/mol. The zero-order valence-corrected chi connectivity index (χ0v) is 14.5. The summed E-state index contributed by atoms with van der Waals surface area (Å²) in [4.78, 5) is 14.4. The van der Waals surface area contributed by atoms with Gasteiger partial charge in [-0.05, 0) is 49.3 Å². The number of para-hydroxylation sites is 1. The number of anilines is 1. The Balaban J connectivity index is 1.70. The molecule has 1 aliphatic rings. The molecule has 2 aromatic carbocycles. The molecule has 1 atom stereocenters. The van der Waals surface area contributed by atoms with Gasteiger partial charge in [-0.25, -0.2) is 0 Å². The summed E-state index contributed by atoms with van der Waals surface area (Å²) in [6.45, 7) is 4.96. The molecule has 2 aromatic rings. The summed E-state index contributed by atoms with van der Waals surface area (Å²) in [6, 6.07) is 16.7. The number of nitrogens with zero attached hydrogens (tertiary/aromatic N) is 1. The van der Waals surface area contributed by atoms with Crippen molar-refractivity contribution in [2.45, 2.75) is 33.1 Å². The third-order valence-electron chi connectivity index (χ3n) is 4.76. The smallest absolute Gasteiger partial charge is 0.227 e. The Bertz CT molecular complexity index is 713. The molecule has 2 heteroatoms. The number of benzene rings is 2. The number of rotatable bonds is 4. The number of aryl methyl sites for hydroxylation is 2. The van der Waals surface area contributed by atoms with Crippen molar-refractivity contribution >= 4 is 11.6 Å². The van der Waals surface area contributed by atoms with E-state index in [1.165, 1.54) is 16.7 Å². The SMILES string of the molecule is Cc1cccc(C)c1N1CC(C=CCc2ccccc2)CCC1=O. The van der Waals surface area contributed by atoms with Crippen LogP contribution in [0.2, 0.25) is 0 Å². The Hall–Kier alpha value is -2.35. The van der Waals surface area contributed by atoms with Crippen molar-refractivity contribution in [2.75, 3.05) is 11.4 Å².